The molecule has 30 heavy (non-hydrogen) atoms. The summed E-state index contributed by atoms with van der Waals surface area (Å²) in [5, 5.41) is 20.3. The summed E-state index contributed by atoms with van der Waals surface area (Å²) in [7, 11) is 1.31. The van der Waals surface area contributed by atoms with Crippen molar-refractivity contribution < 1.29 is 24.5 Å². The molecular weight excluding hydrogens is 402 g/mol. The number of fused-ring (bicyclic) bond motifs is 1. The molecule has 0 saturated carbocycles. The molecule has 2 aromatic heterocycles. The number of carbonyl (C=O) groups excluding carboxylic acids is 1. The third kappa shape index (κ3) is 4.11. The van der Waals surface area contributed by atoms with Crippen LogP contribution in [0.25, 0.3) is 26.6 Å². The van der Waals surface area contributed by atoms with Gasteiger partial charge in [0.05, 0.1) is 23.9 Å². The first-order valence-corrected chi connectivity index (χ1v) is 9.80. The number of hydrogen-bond donors (Lipinski definition) is 2. The summed E-state index contributed by atoms with van der Waals surface area (Å²) in [5.41, 5.74) is 1.47. The van der Waals surface area contributed by atoms with Crippen molar-refractivity contribution in [2.45, 2.75) is 0 Å². The van der Waals surface area contributed by atoms with Gasteiger partial charge in [0.2, 0.25) is 0 Å². The second-order valence-corrected chi connectivity index (χ2v) is 7.42. The molecule has 6 nitrogen and oxygen atoms in total. The molecule has 0 fully saturated rings. The second kappa shape index (κ2) is 8.26. The van der Waals surface area contributed by atoms with Gasteiger partial charge in [-0.25, -0.2) is 4.79 Å². The third-order valence-corrected chi connectivity index (χ3v) is 5.51. The summed E-state index contributed by atoms with van der Waals surface area (Å²) in [6.45, 7) is 0. The smallest absolute Gasteiger partial charge is 0.330 e. The number of carbonyl (C=O) groups is 1. The number of ether oxygens (including phenoxy) is 2. The van der Waals surface area contributed by atoms with E-state index in [0.29, 0.717) is 17.2 Å². The quantitative estimate of drug-likeness (QED) is 0.335. The number of hydrogen-bond acceptors (Lipinski definition) is 7. The SMILES string of the molecule is COC(=O)C=Cc1ccc(Oc2c(-c3ccc(O)cc3)sc3cc(O)ccc23)cn1. The molecule has 0 radical (unpaired) electrons. The summed E-state index contributed by atoms with van der Waals surface area (Å²) in [6, 6.07) is 15.5. The Morgan fingerprint density at radius 3 is 2.50 bits per heavy atom. The monoisotopic (exact) mass is 419 g/mol. The average Bonchev–Trinajstić information content (AvgIpc) is 3.10. The molecule has 0 atom stereocenters. The lowest BCUT2D eigenvalue weighted by Gasteiger charge is -2.08. The highest BCUT2D eigenvalue weighted by Gasteiger charge is 2.17. The predicted molar refractivity (Wildman–Crippen MR) is 116 cm³/mol. The summed E-state index contributed by atoms with van der Waals surface area (Å²) in [4.78, 5) is 16.4. The van der Waals surface area contributed by atoms with Gasteiger partial charge < -0.3 is 19.7 Å². The van der Waals surface area contributed by atoms with Crippen LogP contribution in [0.2, 0.25) is 0 Å². The van der Waals surface area contributed by atoms with E-state index in [1.807, 2.05) is 12.1 Å². The van der Waals surface area contributed by atoms with Crippen LogP contribution < -0.4 is 4.74 Å². The highest BCUT2D eigenvalue weighted by molar-refractivity contribution is 7.22. The molecule has 2 N–H and O–H groups in total. The Balaban J connectivity index is 1.71. The van der Waals surface area contributed by atoms with Crippen LogP contribution in [0.1, 0.15) is 5.69 Å². The van der Waals surface area contributed by atoms with Crippen LogP contribution in [-0.4, -0.2) is 28.3 Å². The number of benzene rings is 2. The van der Waals surface area contributed by atoms with E-state index in [1.165, 1.54) is 24.5 Å². The Hall–Kier alpha value is -3.84. The van der Waals surface area contributed by atoms with Gasteiger partial charge in [0.15, 0.2) is 5.75 Å². The average molecular weight is 419 g/mol. The van der Waals surface area contributed by atoms with Crippen LogP contribution in [-0.2, 0) is 9.53 Å². The topological polar surface area (TPSA) is 88.9 Å². The summed E-state index contributed by atoms with van der Waals surface area (Å²) >= 11 is 1.48. The van der Waals surface area contributed by atoms with Crippen molar-refractivity contribution in [1.82, 2.24) is 4.98 Å². The van der Waals surface area contributed by atoms with Gasteiger partial charge in [0, 0.05) is 16.2 Å². The number of phenols is 2. The fourth-order valence-corrected chi connectivity index (χ4v) is 4.02. The normalized spacial score (nSPS) is 11.1. The zero-order valence-electron chi connectivity index (χ0n) is 15.9. The maximum absolute atomic E-state index is 11.2. The zero-order valence-corrected chi connectivity index (χ0v) is 16.7. The maximum Gasteiger partial charge on any atom is 0.330 e. The number of thiophene rings is 1. The first-order chi connectivity index (χ1) is 14.5. The number of pyridine rings is 1. The minimum Gasteiger partial charge on any atom is -0.508 e. The van der Waals surface area contributed by atoms with Crippen molar-refractivity contribution in [3.8, 4) is 33.4 Å². The molecule has 2 heterocycles. The van der Waals surface area contributed by atoms with Crippen LogP contribution in [0.15, 0.2) is 66.9 Å². The van der Waals surface area contributed by atoms with Gasteiger partial charge in [0.1, 0.15) is 17.2 Å². The molecule has 0 bridgehead atoms. The lowest BCUT2D eigenvalue weighted by molar-refractivity contribution is -0.134. The summed E-state index contributed by atoms with van der Waals surface area (Å²) in [5.74, 6) is 1.07. The van der Waals surface area contributed by atoms with E-state index in [9.17, 15) is 15.0 Å². The van der Waals surface area contributed by atoms with E-state index >= 15 is 0 Å². The molecule has 150 valence electrons. The number of aromatic hydroxyl groups is 2. The van der Waals surface area contributed by atoms with Crippen molar-refractivity contribution in [2.75, 3.05) is 7.11 Å². The van der Waals surface area contributed by atoms with Crippen molar-refractivity contribution in [1.29, 1.82) is 0 Å². The highest BCUT2D eigenvalue weighted by atomic mass is 32.1. The van der Waals surface area contributed by atoms with Crippen LogP contribution in [0.4, 0.5) is 0 Å². The number of nitrogens with zero attached hydrogens (tertiary/aromatic N) is 1. The number of esters is 1. The molecule has 0 aliphatic heterocycles. The highest BCUT2D eigenvalue weighted by Crippen LogP contribution is 2.47. The second-order valence-electron chi connectivity index (χ2n) is 6.36. The molecule has 4 rings (SSSR count). The Labute approximate surface area is 176 Å². The number of phenolic OH excluding ortho intramolecular Hbond substituents is 2. The summed E-state index contributed by atoms with van der Waals surface area (Å²) in [6.07, 6.45) is 4.42. The molecule has 0 aliphatic carbocycles. The Morgan fingerprint density at radius 1 is 1.03 bits per heavy atom. The van der Waals surface area contributed by atoms with Crippen LogP contribution >= 0.6 is 11.3 Å². The van der Waals surface area contributed by atoms with Crippen LogP contribution in [0.5, 0.6) is 23.0 Å². The largest absolute Gasteiger partial charge is 0.508 e. The lowest BCUT2D eigenvalue weighted by Crippen LogP contribution is -1.93. The van der Waals surface area contributed by atoms with E-state index < -0.39 is 5.97 Å². The van der Waals surface area contributed by atoms with E-state index in [-0.39, 0.29) is 11.5 Å². The van der Waals surface area contributed by atoms with Gasteiger partial charge in [-0.15, -0.1) is 11.3 Å². The van der Waals surface area contributed by atoms with Crippen molar-refractivity contribution in [2.24, 2.45) is 0 Å². The maximum atomic E-state index is 11.2. The molecule has 7 heteroatoms. The number of methoxy groups -OCH3 is 1. The van der Waals surface area contributed by atoms with E-state index in [4.69, 9.17) is 4.74 Å². The van der Waals surface area contributed by atoms with Gasteiger partial charge in [-0.3, -0.25) is 4.98 Å². The van der Waals surface area contributed by atoms with Crippen molar-refractivity contribution in [3.63, 3.8) is 0 Å². The molecule has 0 amide bonds. The summed E-state index contributed by atoms with van der Waals surface area (Å²) < 4.78 is 11.6. The minimum atomic E-state index is -0.455. The molecule has 0 saturated heterocycles. The molecule has 2 aromatic carbocycles. The van der Waals surface area contributed by atoms with E-state index in [0.717, 1.165) is 20.5 Å². The molecule has 0 spiro atoms. The minimum absolute atomic E-state index is 0.177. The van der Waals surface area contributed by atoms with E-state index in [1.54, 1.807) is 54.7 Å². The van der Waals surface area contributed by atoms with Crippen molar-refractivity contribution >= 4 is 33.5 Å². The van der Waals surface area contributed by atoms with Gasteiger partial charge in [-0.1, -0.05) is 0 Å². The van der Waals surface area contributed by atoms with E-state index in [2.05, 4.69) is 9.72 Å². The molecule has 4 aromatic rings. The number of rotatable bonds is 5. The fraction of sp³-hybridized carbons (Fsp3) is 0.0435. The van der Waals surface area contributed by atoms with Gasteiger partial charge >= 0.3 is 5.97 Å². The Morgan fingerprint density at radius 2 is 1.80 bits per heavy atom. The van der Waals surface area contributed by atoms with Crippen molar-refractivity contribution in [3.05, 3.63) is 72.6 Å². The van der Waals surface area contributed by atoms with Gasteiger partial charge in [-0.05, 0) is 66.2 Å². The third-order valence-electron chi connectivity index (χ3n) is 4.33. The van der Waals surface area contributed by atoms with Crippen LogP contribution in [0, 0.1) is 0 Å². The first-order valence-electron chi connectivity index (χ1n) is 8.98. The van der Waals surface area contributed by atoms with Crippen LogP contribution in [0.3, 0.4) is 0 Å². The Bertz CT molecular complexity index is 1230. The lowest BCUT2D eigenvalue weighted by atomic mass is 10.1. The Kier molecular flexibility index (Phi) is 5.36. The number of aromatic nitrogens is 1. The van der Waals surface area contributed by atoms with Gasteiger partial charge in [-0.2, -0.15) is 0 Å². The molecular formula is C23H17NO5S. The van der Waals surface area contributed by atoms with Gasteiger partial charge in [0.25, 0.3) is 0 Å². The molecule has 0 aliphatic rings. The predicted octanol–water partition coefficient (Wildman–Crippen LogP) is 5.35. The standard InChI is InChI=1S/C23H17NO5S/c1-28-21(27)11-5-15-4-9-18(13-24-15)29-22-19-10-8-17(26)12-20(19)30-23(22)14-2-6-16(25)7-3-14/h2-13,25-26H,1H3. The molecule has 0 unspecified atom stereocenters. The first kappa shape index (κ1) is 19.5. The fourth-order valence-electron chi connectivity index (χ4n) is 2.86. The zero-order chi connectivity index (χ0) is 21.1.